The van der Waals surface area contributed by atoms with Crippen molar-refractivity contribution in [2.75, 3.05) is 13.7 Å². The van der Waals surface area contributed by atoms with Gasteiger partial charge in [-0.25, -0.2) is 4.79 Å². The maximum atomic E-state index is 13.6. The van der Waals surface area contributed by atoms with E-state index in [1.165, 1.54) is 4.90 Å². The molecule has 1 aliphatic heterocycles. The fraction of sp³-hybridized carbons (Fsp3) is 0.303. The molecule has 0 unspecified atom stereocenters. The molecular weight excluding hydrogens is 504 g/mol. The third-order valence-electron chi connectivity index (χ3n) is 7.77. The van der Waals surface area contributed by atoms with Gasteiger partial charge in [0.1, 0.15) is 18.8 Å². The molecule has 1 aliphatic carbocycles. The molecule has 3 aromatic rings. The Labute approximate surface area is 234 Å². The summed E-state index contributed by atoms with van der Waals surface area (Å²) in [5.41, 5.74) is 5.34. The molecule has 7 heteroatoms. The molecule has 7 nitrogen and oxygen atoms in total. The lowest BCUT2D eigenvalue weighted by Crippen LogP contribution is -2.51. The first-order chi connectivity index (χ1) is 19.4. The van der Waals surface area contributed by atoms with Gasteiger partial charge in [0, 0.05) is 19.4 Å². The summed E-state index contributed by atoms with van der Waals surface area (Å²) < 4.78 is 11.5. The van der Waals surface area contributed by atoms with Crippen LogP contribution in [0.25, 0.3) is 11.1 Å². The lowest BCUT2D eigenvalue weighted by Gasteiger charge is -2.34. The monoisotopic (exact) mass is 538 g/mol. The van der Waals surface area contributed by atoms with Crippen molar-refractivity contribution in [3.05, 3.63) is 108 Å². The number of carbonyl (C=O) groups excluding carboxylic acids is 3. The fourth-order valence-corrected chi connectivity index (χ4v) is 5.49. The highest BCUT2D eigenvalue weighted by molar-refractivity contribution is 5.86. The molecule has 2 amide bonds. The summed E-state index contributed by atoms with van der Waals surface area (Å²) in [5, 5.41) is 2.80. The van der Waals surface area contributed by atoms with Crippen LogP contribution < -0.4 is 5.32 Å². The Balaban J connectivity index is 1.30. The van der Waals surface area contributed by atoms with Gasteiger partial charge in [0.25, 0.3) is 0 Å². The molecule has 40 heavy (non-hydrogen) atoms. The minimum Gasteiger partial charge on any atom is -0.455 e. The number of hydrogen-bond donors (Lipinski definition) is 1. The van der Waals surface area contributed by atoms with Crippen molar-refractivity contribution < 1.29 is 23.9 Å². The molecule has 0 saturated heterocycles. The Morgan fingerprint density at radius 2 is 1.55 bits per heavy atom. The molecule has 0 radical (unpaired) electrons. The summed E-state index contributed by atoms with van der Waals surface area (Å²) in [6.07, 6.45) is 3.36. The second-order valence-corrected chi connectivity index (χ2v) is 10.3. The quantitative estimate of drug-likeness (QED) is 0.337. The predicted molar refractivity (Wildman–Crippen MR) is 152 cm³/mol. The van der Waals surface area contributed by atoms with Crippen molar-refractivity contribution in [1.82, 2.24) is 10.2 Å². The van der Waals surface area contributed by atoms with E-state index < -0.39 is 24.3 Å². The average molecular weight is 539 g/mol. The minimum absolute atomic E-state index is 0.0749. The van der Waals surface area contributed by atoms with E-state index in [4.69, 9.17) is 9.47 Å². The van der Waals surface area contributed by atoms with E-state index in [0.29, 0.717) is 6.42 Å². The van der Waals surface area contributed by atoms with Crippen molar-refractivity contribution in [3.63, 3.8) is 0 Å². The Kier molecular flexibility index (Phi) is 8.29. The van der Waals surface area contributed by atoms with Crippen molar-refractivity contribution in [3.8, 4) is 11.1 Å². The van der Waals surface area contributed by atoms with E-state index >= 15 is 0 Å². The molecule has 206 valence electrons. The molecule has 0 fully saturated rings. The molecule has 0 bridgehead atoms. The average Bonchev–Trinajstić information content (AvgIpc) is 3.30. The van der Waals surface area contributed by atoms with Crippen LogP contribution in [0.5, 0.6) is 0 Å². The highest BCUT2D eigenvalue weighted by Gasteiger charge is 2.34. The second-order valence-electron chi connectivity index (χ2n) is 10.3. The number of carbonyl (C=O) groups is 3. The molecule has 1 heterocycles. The van der Waals surface area contributed by atoms with Gasteiger partial charge in [-0.3, -0.25) is 9.59 Å². The smallest absolute Gasteiger partial charge is 0.407 e. The van der Waals surface area contributed by atoms with Gasteiger partial charge in [-0.15, -0.1) is 0 Å². The number of nitrogens with zero attached hydrogens (tertiary/aromatic N) is 1. The molecule has 1 N–H and O–H groups in total. The van der Waals surface area contributed by atoms with Gasteiger partial charge in [-0.1, -0.05) is 91.0 Å². The lowest BCUT2D eigenvalue weighted by atomic mass is 9.98. The zero-order valence-corrected chi connectivity index (χ0v) is 22.8. The fourth-order valence-electron chi connectivity index (χ4n) is 5.49. The molecular formula is C33H34N2O5. The Morgan fingerprint density at radius 1 is 0.925 bits per heavy atom. The Hall–Kier alpha value is -4.39. The topological polar surface area (TPSA) is 84.9 Å². The number of esters is 1. The molecule has 5 rings (SSSR count). The largest absolute Gasteiger partial charge is 0.455 e. The van der Waals surface area contributed by atoms with Gasteiger partial charge >= 0.3 is 12.1 Å². The number of alkyl carbamates (subject to hydrolysis) is 1. The maximum Gasteiger partial charge on any atom is 0.407 e. The van der Waals surface area contributed by atoms with Gasteiger partial charge in [0.2, 0.25) is 5.91 Å². The van der Waals surface area contributed by atoms with Gasteiger partial charge in [0.15, 0.2) is 0 Å². The zero-order valence-electron chi connectivity index (χ0n) is 22.8. The minimum atomic E-state index is -0.828. The maximum absolute atomic E-state index is 13.6. The van der Waals surface area contributed by atoms with Crippen molar-refractivity contribution in [2.45, 2.75) is 50.3 Å². The highest BCUT2D eigenvalue weighted by atomic mass is 16.6. The first-order valence-electron chi connectivity index (χ1n) is 13.7. The van der Waals surface area contributed by atoms with Crippen LogP contribution in [0.3, 0.4) is 0 Å². The predicted octanol–water partition coefficient (Wildman–Crippen LogP) is 5.77. The number of likely N-dealkylation sites (N-methyl/N-ethyl adjacent to an activating group) is 1. The second kappa shape index (κ2) is 12.2. The number of cyclic esters (lactones) is 1. The highest BCUT2D eigenvalue weighted by Crippen LogP contribution is 2.44. The van der Waals surface area contributed by atoms with Crippen LogP contribution in [0.1, 0.15) is 54.9 Å². The van der Waals surface area contributed by atoms with Crippen LogP contribution in [0.2, 0.25) is 0 Å². The summed E-state index contributed by atoms with van der Waals surface area (Å²) in [7, 11) is 1.67. The molecule has 3 atom stereocenters. The zero-order chi connectivity index (χ0) is 28.1. The van der Waals surface area contributed by atoms with E-state index in [2.05, 4.69) is 29.6 Å². The van der Waals surface area contributed by atoms with Crippen molar-refractivity contribution >= 4 is 18.0 Å². The van der Waals surface area contributed by atoms with Gasteiger partial charge in [-0.05, 0) is 47.6 Å². The van der Waals surface area contributed by atoms with E-state index in [-0.39, 0.29) is 37.2 Å². The number of nitrogens with one attached hydrogen (secondary N) is 1. The van der Waals surface area contributed by atoms with Crippen LogP contribution in [-0.4, -0.2) is 48.6 Å². The van der Waals surface area contributed by atoms with Crippen LogP contribution in [0.15, 0.2) is 91.0 Å². The van der Waals surface area contributed by atoms with Gasteiger partial charge in [-0.2, -0.15) is 0 Å². The summed E-state index contributed by atoms with van der Waals surface area (Å²) in [6, 6.07) is 24.4. The number of ether oxygens (including phenoxy) is 2. The third-order valence-corrected chi connectivity index (χ3v) is 7.77. The summed E-state index contributed by atoms with van der Waals surface area (Å²) in [6.45, 7) is 2.00. The number of benzene rings is 3. The van der Waals surface area contributed by atoms with Crippen LogP contribution in [0, 0.1) is 0 Å². The lowest BCUT2D eigenvalue weighted by molar-refractivity contribution is -0.155. The van der Waals surface area contributed by atoms with Crippen LogP contribution >= 0.6 is 0 Å². The summed E-state index contributed by atoms with van der Waals surface area (Å²) in [5.74, 6) is -0.683. The first kappa shape index (κ1) is 27.2. The standard InChI is InChI=1S/C33H34N2O5/c1-22-31(23-13-5-3-6-14-23)40-30(36)20-8-4-7-19-29(32(37)35(22)2)34-33(38)39-21-28-26-17-11-9-15-24(26)25-16-10-12-18-27(25)28/h3-7,9-18,22,28-29,31H,8,19-21H2,1-2H3,(H,34,38)/b7-4-/t22-,29+,31-/m0/s1. The van der Waals surface area contributed by atoms with Gasteiger partial charge in [0.05, 0.1) is 6.04 Å². The van der Waals surface area contributed by atoms with Crippen LogP contribution in [-0.2, 0) is 19.1 Å². The Morgan fingerprint density at radius 3 is 2.23 bits per heavy atom. The number of allylic oxidation sites excluding steroid dienone is 1. The van der Waals surface area contributed by atoms with Gasteiger partial charge < -0.3 is 19.7 Å². The summed E-state index contributed by atoms with van der Waals surface area (Å²) in [4.78, 5) is 40.7. The summed E-state index contributed by atoms with van der Waals surface area (Å²) >= 11 is 0. The Bertz CT molecular complexity index is 1360. The number of hydrogen-bond acceptors (Lipinski definition) is 5. The number of fused-ring (bicyclic) bond motifs is 3. The normalized spacial score (nSPS) is 22.2. The van der Waals surface area contributed by atoms with E-state index in [0.717, 1.165) is 27.8 Å². The van der Waals surface area contributed by atoms with E-state index in [1.807, 2.05) is 73.7 Å². The SMILES string of the molecule is C[C@H]1[C@@H](c2ccccc2)OC(=O)CC/C=C\C[C@@H](NC(=O)OCC2c3ccccc3-c3ccccc32)C(=O)N1C. The number of amides is 2. The molecule has 0 saturated carbocycles. The van der Waals surface area contributed by atoms with E-state index in [1.54, 1.807) is 7.05 Å². The molecule has 0 spiro atoms. The molecule has 3 aromatic carbocycles. The van der Waals surface area contributed by atoms with Crippen molar-refractivity contribution in [1.29, 1.82) is 0 Å². The van der Waals surface area contributed by atoms with Crippen LogP contribution in [0.4, 0.5) is 4.79 Å². The number of rotatable bonds is 4. The van der Waals surface area contributed by atoms with E-state index in [9.17, 15) is 14.4 Å². The van der Waals surface area contributed by atoms with Crippen molar-refractivity contribution in [2.24, 2.45) is 0 Å². The third kappa shape index (κ3) is 5.78. The first-order valence-corrected chi connectivity index (χ1v) is 13.7. The molecule has 2 aliphatic rings. The molecule has 0 aromatic heterocycles.